The van der Waals surface area contributed by atoms with E-state index < -0.39 is 11.5 Å². The summed E-state index contributed by atoms with van der Waals surface area (Å²) in [6, 6.07) is 9.12. The fourth-order valence-corrected chi connectivity index (χ4v) is 1.22. The molecule has 0 bridgehead atoms. The third-order valence-electron chi connectivity index (χ3n) is 1.93. The van der Waals surface area contributed by atoms with Gasteiger partial charge in [0.25, 0.3) is 0 Å². The van der Waals surface area contributed by atoms with Gasteiger partial charge in [0, 0.05) is 0 Å². The molecule has 0 amide bonds. The Morgan fingerprint density at radius 1 is 1.29 bits per heavy atom. The van der Waals surface area contributed by atoms with Crippen LogP contribution in [0.1, 0.15) is 12.0 Å². The van der Waals surface area contributed by atoms with Crippen LogP contribution in [0.3, 0.4) is 0 Å². The SMILES string of the molecule is OC(CCc1ccccc1)C(F)(F)Cl. The summed E-state index contributed by atoms with van der Waals surface area (Å²) in [5.74, 6) is 0. The lowest BCUT2D eigenvalue weighted by Crippen LogP contribution is -2.27. The molecule has 0 aliphatic rings. The molecule has 1 N–H and O–H groups in total. The monoisotopic (exact) mass is 220 g/mol. The summed E-state index contributed by atoms with van der Waals surface area (Å²) >= 11 is 4.67. The van der Waals surface area contributed by atoms with Gasteiger partial charge in [-0.15, -0.1) is 0 Å². The van der Waals surface area contributed by atoms with Crippen LogP contribution in [0.15, 0.2) is 30.3 Å². The van der Waals surface area contributed by atoms with E-state index in [4.69, 9.17) is 5.11 Å². The molecule has 1 aromatic rings. The van der Waals surface area contributed by atoms with Crippen molar-refractivity contribution in [1.29, 1.82) is 0 Å². The highest BCUT2D eigenvalue weighted by Crippen LogP contribution is 2.26. The van der Waals surface area contributed by atoms with Crippen LogP contribution < -0.4 is 0 Å². The van der Waals surface area contributed by atoms with Gasteiger partial charge in [-0.05, 0) is 30.0 Å². The lowest BCUT2D eigenvalue weighted by molar-refractivity contribution is -0.0440. The number of hydrogen-bond donors (Lipinski definition) is 1. The molecule has 0 fully saturated rings. The predicted octanol–water partition coefficient (Wildman–Crippen LogP) is 2.81. The van der Waals surface area contributed by atoms with E-state index in [0.29, 0.717) is 6.42 Å². The predicted molar refractivity (Wildman–Crippen MR) is 51.6 cm³/mol. The van der Waals surface area contributed by atoms with Crippen LogP contribution >= 0.6 is 11.6 Å². The lowest BCUT2D eigenvalue weighted by atomic mass is 10.1. The molecule has 0 aliphatic carbocycles. The van der Waals surface area contributed by atoms with Gasteiger partial charge in [0.2, 0.25) is 0 Å². The molecular formula is C10H11ClF2O. The first-order chi connectivity index (χ1) is 6.50. The Hall–Kier alpha value is -0.670. The number of aliphatic hydroxyl groups is 1. The zero-order valence-corrected chi connectivity index (χ0v) is 8.22. The third kappa shape index (κ3) is 3.60. The number of hydrogen-bond acceptors (Lipinski definition) is 1. The quantitative estimate of drug-likeness (QED) is 0.774. The van der Waals surface area contributed by atoms with Gasteiger partial charge in [-0.25, -0.2) is 0 Å². The molecule has 0 aliphatic heterocycles. The Morgan fingerprint density at radius 3 is 2.36 bits per heavy atom. The molecule has 0 radical (unpaired) electrons. The van der Waals surface area contributed by atoms with E-state index in [1.807, 2.05) is 30.3 Å². The number of aliphatic hydroxyl groups excluding tert-OH is 1. The molecular weight excluding hydrogens is 210 g/mol. The molecule has 1 atom stereocenters. The van der Waals surface area contributed by atoms with Crippen molar-refractivity contribution in [3.8, 4) is 0 Å². The fourth-order valence-electron chi connectivity index (χ4n) is 1.11. The molecule has 1 unspecified atom stereocenters. The third-order valence-corrected chi connectivity index (χ3v) is 2.18. The van der Waals surface area contributed by atoms with Crippen molar-refractivity contribution in [3.63, 3.8) is 0 Å². The number of benzene rings is 1. The Morgan fingerprint density at radius 2 is 1.86 bits per heavy atom. The van der Waals surface area contributed by atoms with E-state index in [1.54, 1.807) is 0 Å². The topological polar surface area (TPSA) is 20.2 Å². The molecule has 14 heavy (non-hydrogen) atoms. The van der Waals surface area contributed by atoms with Crippen LogP contribution in [0.4, 0.5) is 8.78 Å². The smallest absolute Gasteiger partial charge is 0.347 e. The minimum absolute atomic E-state index is 0.0412. The largest absolute Gasteiger partial charge is 0.385 e. The minimum atomic E-state index is -3.53. The van der Waals surface area contributed by atoms with Gasteiger partial charge < -0.3 is 5.11 Å². The maximum absolute atomic E-state index is 12.3. The summed E-state index contributed by atoms with van der Waals surface area (Å²) in [6.07, 6.45) is -1.44. The van der Waals surface area contributed by atoms with Crippen molar-refractivity contribution in [2.45, 2.75) is 24.3 Å². The summed E-state index contributed by atoms with van der Waals surface area (Å²) in [4.78, 5) is 0. The maximum Gasteiger partial charge on any atom is 0.347 e. The van der Waals surface area contributed by atoms with Gasteiger partial charge >= 0.3 is 5.38 Å². The standard InChI is InChI=1S/C10H11ClF2O/c11-10(12,13)9(14)7-6-8-4-2-1-3-5-8/h1-5,9,14H,6-7H2. The molecule has 0 aromatic heterocycles. The molecule has 1 nitrogen and oxygen atoms in total. The summed E-state index contributed by atoms with van der Waals surface area (Å²) < 4.78 is 24.7. The Bertz CT molecular complexity index is 271. The molecule has 0 heterocycles. The van der Waals surface area contributed by atoms with E-state index in [-0.39, 0.29) is 6.42 Å². The first-order valence-corrected chi connectivity index (χ1v) is 4.66. The maximum atomic E-state index is 12.3. The summed E-state index contributed by atoms with van der Waals surface area (Å²) in [6.45, 7) is 0. The van der Waals surface area contributed by atoms with Crippen molar-refractivity contribution in [3.05, 3.63) is 35.9 Å². The van der Waals surface area contributed by atoms with Crippen LogP contribution in [0.5, 0.6) is 0 Å². The van der Waals surface area contributed by atoms with Crippen LogP contribution in [-0.4, -0.2) is 16.6 Å². The highest BCUT2D eigenvalue weighted by Gasteiger charge is 2.34. The first-order valence-electron chi connectivity index (χ1n) is 4.29. The van der Waals surface area contributed by atoms with Crippen molar-refractivity contribution in [1.82, 2.24) is 0 Å². The highest BCUT2D eigenvalue weighted by molar-refractivity contribution is 6.22. The molecule has 1 aromatic carbocycles. The molecule has 78 valence electrons. The van der Waals surface area contributed by atoms with Crippen molar-refractivity contribution >= 4 is 11.6 Å². The second kappa shape index (κ2) is 4.71. The van der Waals surface area contributed by atoms with E-state index in [1.165, 1.54) is 0 Å². The zero-order chi connectivity index (χ0) is 10.6. The fraction of sp³-hybridized carbons (Fsp3) is 0.400. The Balaban J connectivity index is 2.42. The van der Waals surface area contributed by atoms with Crippen molar-refractivity contribution in [2.75, 3.05) is 0 Å². The number of alkyl halides is 3. The summed E-state index contributed by atoms with van der Waals surface area (Å²) in [5.41, 5.74) is 0.910. The average Bonchev–Trinajstić information content (AvgIpc) is 2.14. The van der Waals surface area contributed by atoms with Crippen LogP contribution in [0, 0.1) is 0 Å². The minimum Gasteiger partial charge on any atom is -0.385 e. The summed E-state index contributed by atoms with van der Waals surface area (Å²) in [7, 11) is 0. The summed E-state index contributed by atoms with van der Waals surface area (Å²) in [5, 5.41) is 5.43. The second-order valence-electron chi connectivity index (χ2n) is 3.08. The molecule has 4 heteroatoms. The first kappa shape index (κ1) is 11.4. The number of rotatable bonds is 4. The van der Waals surface area contributed by atoms with Crippen molar-refractivity contribution in [2.24, 2.45) is 0 Å². The van der Waals surface area contributed by atoms with Crippen molar-refractivity contribution < 1.29 is 13.9 Å². The number of aryl methyl sites for hydroxylation is 1. The van der Waals surface area contributed by atoms with Gasteiger partial charge in [-0.3, -0.25) is 0 Å². The van der Waals surface area contributed by atoms with Crippen LogP contribution in [0.25, 0.3) is 0 Å². The molecule has 1 rings (SSSR count). The zero-order valence-electron chi connectivity index (χ0n) is 7.46. The van der Waals surface area contributed by atoms with Crippen LogP contribution in [0.2, 0.25) is 0 Å². The van der Waals surface area contributed by atoms with E-state index in [2.05, 4.69) is 11.6 Å². The molecule has 0 spiro atoms. The lowest BCUT2D eigenvalue weighted by Gasteiger charge is -2.15. The van der Waals surface area contributed by atoms with E-state index >= 15 is 0 Å². The molecule has 0 saturated heterocycles. The number of halogens is 3. The normalized spacial score (nSPS) is 14.0. The average molecular weight is 221 g/mol. The Kier molecular flexibility index (Phi) is 3.84. The van der Waals surface area contributed by atoms with Gasteiger partial charge in [0.1, 0.15) is 6.10 Å². The second-order valence-corrected chi connectivity index (χ2v) is 3.59. The van der Waals surface area contributed by atoms with E-state index in [0.717, 1.165) is 5.56 Å². The van der Waals surface area contributed by atoms with Gasteiger partial charge in [0.15, 0.2) is 0 Å². The molecule has 0 saturated carbocycles. The van der Waals surface area contributed by atoms with Crippen LogP contribution in [-0.2, 0) is 6.42 Å². The highest BCUT2D eigenvalue weighted by atomic mass is 35.5. The Labute approximate surface area is 86.3 Å². The van der Waals surface area contributed by atoms with Gasteiger partial charge in [0.05, 0.1) is 0 Å². The van der Waals surface area contributed by atoms with Gasteiger partial charge in [-0.2, -0.15) is 8.78 Å². The van der Waals surface area contributed by atoms with E-state index in [9.17, 15) is 8.78 Å². The van der Waals surface area contributed by atoms with Gasteiger partial charge in [-0.1, -0.05) is 30.3 Å².